The van der Waals surface area contributed by atoms with Gasteiger partial charge < -0.3 is 4.74 Å². The standard InChI is InChI=1S/C23H25N3O/c1-27-21-7-2-5-19(15-21)22-8-3-9-23(25-22)20-6-4-14-26(17-20)16-18-10-12-24-13-11-18/h2-3,5,7-13,15,20H,4,6,14,16-17H2,1H3/t20-/m0/s1. The summed E-state index contributed by atoms with van der Waals surface area (Å²) in [5, 5.41) is 0. The predicted octanol–water partition coefficient (Wildman–Crippen LogP) is 4.53. The maximum Gasteiger partial charge on any atom is 0.119 e. The van der Waals surface area contributed by atoms with Crippen LogP contribution in [0, 0.1) is 0 Å². The van der Waals surface area contributed by atoms with E-state index in [-0.39, 0.29) is 0 Å². The highest BCUT2D eigenvalue weighted by Gasteiger charge is 2.22. The van der Waals surface area contributed by atoms with Crippen LogP contribution in [0.25, 0.3) is 11.3 Å². The Morgan fingerprint density at radius 1 is 1.07 bits per heavy atom. The minimum Gasteiger partial charge on any atom is -0.497 e. The van der Waals surface area contributed by atoms with Crippen LogP contribution in [0.4, 0.5) is 0 Å². The zero-order valence-electron chi connectivity index (χ0n) is 15.7. The zero-order chi connectivity index (χ0) is 18.5. The number of rotatable bonds is 5. The lowest BCUT2D eigenvalue weighted by atomic mass is 9.93. The third kappa shape index (κ3) is 4.34. The summed E-state index contributed by atoms with van der Waals surface area (Å²) in [5.41, 5.74) is 4.62. The molecule has 1 atom stereocenters. The molecule has 1 fully saturated rings. The summed E-state index contributed by atoms with van der Waals surface area (Å²) in [6.45, 7) is 3.18. The van der Waals surface area contributed by atoms with Gasteiger partial charge >= 0.3 is 0 Å². The fourth-order valence-electron chi connectivity index (χ4n) is 3.81. The Bertz CT molecular complexity index is 882. The number of pyridine rings is 2. The largest absolute Gasteiger partial charge is 0.497 e. The van der Waals surface area contributed by atoms with Crippen molar-refractivity contribution in [2.24, 2.45) is 0 Å². The van der Waals surface area contributed by atoms with Crippen molar-refractivity contribution in [2.45, 2.75) is 25.3 Å². The normalized spacial score (nSPS) is 17.6. The van der Waals surface area contributed by atoms with Crippen LogP contribution in [-0.4, -0.2) is 35.1 Å². The molecule has 1 aliphatic heterocycles. The van der Waals surface area contributed by atoms with Crippen molar-refractivity contribution in [1.29, 1.82) is 0 Å². The van der Waals surface area contributed by atoms with Crippen LogP contribution in [0.5, 0.6) is 5.75 Å². The van der Waals surface area contributed by atoms with E-state index in [2.05, 4.69) is 46.3 Å². The molecule has 4 rings (SSSR count). The van der Waals surface area contributed by atoms with Crippen molar-refractivity contribution >= 4 is 0 Å². The highest BCUT2D eigenvalue weighted by atomic mass is 16.5. The fraction of sp³-hybridized carbons (Fsp3) is 0.304. The summed E-state index contributed by atoms with van der Waals surface area (Å²) < 4.78 is 5.35. The number of hydrogen-bond donors (Lipinski definition) is 0. The van der Waals surface area contributed by atoms with Crippen molar-refractivity contribution in [3.63, 3.8) is 0 Å². The van der Waals surface area contributed by atoms with E-state index < -0.39 is 0 Å². The van der Waals surface area contributed by atoms with Gasteiger partial charge in [-0.3, -0.25) is 14.9 Å². The fourth-order valence-corrected chi connectivity index (χ4v) is 3.81. The van der Waals surface area contributed by atoms with Crippen molar-refractivity contribution in [1.82, 2.24) is 14.9 Å². The zero-order valence-corrected chi connectivity index (χ0v) is 15.7. The maximum absolute atomic E-state index is 5.35. The number of methoxy groups -OCH3 is 1. The van der Waals surface area contributed by atoms with E-state index in [0.29, 0.717) is 5.92 Å². The number of piperidine rings is 1. The van der Waals surface area contributed by atoms with Gasteiger partial charge in [0.15, 0.2) is 0 Å². The topological polar surface area (TPSA) is 38.2 Å². The summed E-state index contributed by atoms with van der Waals surface area (Å²) >= 11 is 0. The molecule has 27 heavy (non-hydrogen) atoms. The first kappa shape index (κ1) is 17.7. The molecular weight excluding hydrogens is 334 g/mol. The Balaban J connectivity index is 1.51. The number of likely N-dealkylation sites (tertiary alicyclic amines) is 1. The van der Waals surface area contributed by atoms with Crippen LogP contribution in [0.3, 0.4) is 0 Å². The molecule has 3 aromatic rings. The summed E-state index contributed by atoms with van der Waals surface area (Å²) in [6, 6.07) is 18.7. The third-order valence-corrected chi connectivity index (χ3v) is 5.22. The molecule has 0 N–H and O–H groups in total. The molecule has 0 amide bonds. The van der Waals surface area contributed by atoms with Gasteiger partial charge in [0.05, 0.1) is 12.8 Å². The maximum atomic E-state index is 5.35. The molecule has 1 saturated heterocycles. The molecule has 1 aliphatic rings. The van der Waals surface area contributed by atoms with Gasteiger partial charge in [0.2, 0.25) is 0 Å². The lowest BCUT2D eigenvalue weighted by Gasteiger charge is -2.32. The first-order valence-electron chi connectivity index (χ1n) is 9.54. The highest BCUT2D eigenvalue weighted by Crippen LogP contribution is 2.29. The van der Waals surface area contributed by atoms with Crippen LogP contribution in [0.15, 0.2) is 67.0 Å². The van der Waals surface area contributed by atoms with Crippen molar-refractivity contribution < 1.29 is 4.74 Å². The lowest BCUT2D eigenvalue weighted by Crippen LogP contribution is -2.34. The number of nitrogens with zero attached hydrogens (tertiary/aromatic N) is 3. The Hall–Kier alpha value is -2.72. The second-order valence-corrected chi connectivity index (χ2v) is 7.11. The second-order valence-electron chi connectivity index (χ2n) is 7.11. The first-order chi connectivity index (χ1) is 13.3. The van der Waals surface area contributed by atoms with Crippen LogP contribution in [-0.2, 0) is 6.54 Å². The second kappa shape index (κ2) is 8.31. The molecule has 1 aromatic carbocycles. The Morgan fingerprint density at radius 3 is 2.78 bits per heavy atom. The SMILES string of the molecule is COc1cccc(-c2cccc([C@H]3CCCN(Cc4ccncc4)C3)n2)c1. The van der Waals surface area contributed by atoms with E-state index >= 15 is 0 Å². The smallest absolute Gasteiger partial charge is 0.119 e. The van der Waals surface area contributed by atoms with Gasteiger partial charge in [-0.15, -0.1) is 0 Å². The highest BCUT2D eigenvalue weighted by molar-refractivity contribution is 5.61. The summed E-state index contributed by atoms with van der Waals surface area (Å²) in [6.07, 6.45) is 6.15. The van der Waals surface area contributed by atoms with E-state index in [0.717, 1.165) is 36.6 Å². The monoisotopic (exact) mass is 359 g/mol. The molecule has 0 saturated carbocycles. The van der Waals surface area contributed by atoms with Gasteiger partial charge in [-0.25, -0.2) is 0 Å². The van der Waals surface area contributed by atoms with Gasteiger partial charge in [0.25, 0.3) is 0 Å². The molecular formula is C23H25N3O. The average molecular weight is 359 g/mol. The van der Waals surface area contributed by atoms with E-state index in [9.17, 15) is 0 Å². The molecule has 138 valence electrons. The number of benzene rings is 1. The Morgan fingerprint density at radius 2 is 1.93 bits per heavy atom. The van der Waals surface area contributed by atoms with E-state index in [1.165, 1.54) is 24.1 Å². The van der Waals surface area contributed by atoms with Gasteiger partial charge in [0.1, 0.15) is 5.75 Å². The summed E-state index contributed by atoms with van der Waals surface area (Å²) in [7, 11) is 1.70. The molecule has 0 spiro atoms. The van der Waals surface area contributed by atoms with E-state index in [1.54, 1.807) is 7.11 Å². The van der Waals surface area contributed by atoms with Gasteiger partial charge in [-0.2, -0.15) is 0 Å². The minimum atomic E-state index is 0.478. The van der Waals surface area contributed by atoms with Gasteiger partial charge in [-0.05, 0) is 61.3 Å². The van der Waals surface area contributed by atoms with Crippen LogP contribution < -0.4 is 4.74 Å². The average Bonchev–Trinajstić information content (AvgIpc) is 2.75. The van der Waals surface area contributed by atoms with Gasteiger partial charge in [-0.1, -0.05) is 18.2 Å². The Labute approximate surface area is 160 Å². The van der Waals surface area contributed by atoms with Crippen molar-refractivity contribution in [3.8, 4) is 17.0 Å². The van der Waals surface area contributed by atoms with Gasteiger partial charge in [0, 0.05) is 42.7 Å². The number of hydrogen-bond acceptors (Lipinski definition) is 4. The van der Waals surface area contributed by atoms with Crippen LogP contribution >= 0.6 is 0 Å². The molecule has 0 unspecified atom stereocenters. The van der Waals surface area contributed by atoms with E-state index in [1.807, 2.05) is 30.6 Å². The Kier molecular flexibility index (Phi) is 5.45. The molecule has 4 nitrogen and oxygen atoms in total. The molecule has 3 heterocycles. The molecule has 0 bridgehead atoms. The number of ether oxygens (including phenoxy) is 1. The van der Waals surface area contributed by atoms with Crippen molar-refractivity contribution in [2.75, 3.05) is 20.2 Å². The molecule has 4 heteroatoms. The van der Waals surface area contributed by atoms with E-state index in [4.69, 9.17) is 9.72 Å². The first-order valence-corrected chi connectivity index (χ1v) is 9.54. The lowest BCUT2D eigenvalue weighted by molar-refractivity contribution is 0.198. The van der Waals surface area contributed by atoms with Crippen LogP contribution in [0.1, 0.15) is 30.0 Å². The minimum absolute atomic E-state index is 0.478. The number of aromatic nitrogens is 2. The molecule has 2 aromatic heterocycles. The molecule has 0 radical (unpaired) electrons. The predicted molar refractivity (Wildman–Crippen MR) is 108 cm³/mol. The molecule has 0 aliphatic carbocycles. The summed E-state index contributed by atoms with van der Waals surface area (Å²) in [5.74, 6) is 1.34. The van der Waals surface area contributed by atoms with Crippen molar-refractivity contribution in [3.05, 3.63) is 78.2 Å². The third-order valence-electron chi connectivity index (χ3n) is 5.22. The van der Waals surface area contributed by atoms with Crippen LogP contribution in [0.2, 0.25) is 0 Å². The quantitative estimate of drug-likeness (QED) is 0.671. The summed E-state index contributed by atoms with van der Waals surface area (Å²) in [4.78, 5) is 11.6.